The van der Waals surface area contributed by atoms with E-state index in [2.05, 4.69) is 17.4 Å². The minimum Gasteiger partial charge on any atom is -0.497 e. The van der Waals surface area contributed by atoms with Crippen LogP contribution in [-0.4, -0.2) is 24.8 Å². The fourth-order valence-corrected chi connectivity index (χ4v) is 3.10. The summed E-state index contributed by atoms with van der Waals surface area (Å²) in [6, 6.07) is 16.6. The predicted molar refractivity (Wildman–Crippen MR) is 88.2 cm³/mol. The van der Waals surface area contributed by atoms with Crippen LogP contribution in [0.1, 0.15) is 29.2 Å². The van der Waals surface area contributed by atoms with E-state index in [1.807, 2.05) is 36.4 Å². The molecule has 1 aliphatic carbocycles. The van der Waals surface area contributed by atoms with E-state index >= 15 is 0 Å². The van der Waals surface area contributed by atoms with Crippen molar-refractivity contribution in [3.8, 4) is 5.75 Å². The molecule has 0 radical (unpaired) electrons. The summed E-state index contributed by atoms with van der Waals surface area (Å²) in [6.07, 6.45) is 2.73. The highest BCUT2D eigenvalue weighted by Crippen LogP contribution is 2.25. The topological polar surface area (TPSA) is 41.5 Å². The van der Waals surface area contributed by atoms with Gasteiger partial charge in [0.2, 0.25) is 0 Å². The molecule has 0 heterocycles. The van der Waals surface area contributed by atoms with E-state index < -0.39 is 6.10 Å². The summed E-state index contributed by atoms with van der Waals surface area (Å²) in [4.78, 5) is 0. The first kappa shape index (κ1) is 15.1. The van der Waals surface area contributed by atoms with Crippen LogP contribution in [0.4, 0.5) is 0 Å². The molecule has 116 valence electrons. The fraction of sp³-hybridized carbons (Fsp3) is 0.368. The van der Waals surface area contributed by atoms with Crippen molar-refractivity contribution in [1.82, 2.24) is 5.32 Å². The molecule has 0 bridgehead atoms. The Morgan fingerprint density at radius 1 is 1.18 bits per heavy atom. The molecule has 3 rings (SSSR count). The average molecular weight is 297 g/mol. The van der Waals surface area contributed by atoms with Crippen molar-refractivity contribution in [1.29, 1.82) is 0 Å². The molecule has 0 aliphatic heterocycles. The van der Waals surface area contributed by atoms with Gasteiger partial charge >= 0.3 is 0 Å². The molecule has 0 saturated carbocycles. The summed E-state index contributed by atoms with van der Waals surface area (Å²) in [7, 11) is 1.71. The van der Waals surface area contributed by atoms with E-state index in [1.54, 1.807) is 7.11 Å². The van der Waals surface area contributed by atoms with Gasteiger partial charge in [0.1, 0.15) is 5.75 Å². The fourth-order valence-electron chi connectivity index (χ4n) is 3.10. The van der Waals surface area contributed by atoms with Crippen LogP contribution in [-0.2, 0) is 12.8 Å². The Morgan fingerprint density at radius 2 is 2.00 bits per heavy atom. The lowest BCUT2D eigenvalue weighted by molar-refractivity contribution is 0.168. The van der Waals surface area contributed by atoms with Gasteiger partial charge in [0.15, 0.2) is 0 Å². The smallest absolute Gasteiger partial charge is 0.119 e. The quantitative estimate of drug-likeness (QED) is 0.891. The molecule has 2 aromatic carbocycles. The van der Waals surface area contributed by atoms with Gasteiger partial charge in [0, 0.05) is 12.6 Å². The number of aryl methyl sites for hydroxylation is 1. The van der Waals surface area contributed by atoms with Gasteiger partial charge in [0.25, 0.3) is 0 Å². The van der Waals surface area contributed by atoms with Gasteiger partial charge in [-0.1, -0.05) is 36.4 Å². The van der Waals surface area contributed by atoms with Crippen LogP contribution < -0.4 is 10.1 Å². The molecule has 0 amide bonds. The van der Waals surface area contributed by atoms with Gasteiger partial charge < -0.3 is 15.2 Å². The Balaban J connectivity index is 1.56. The first-order valence-corrected chi connectivity index (χ1v) is 7.88. The SMILES string of the molecule is COc1ccc2c(c1)CCC(NCC(O)c1ccccc1)C2. The molecule has 0 aromatic heterocycles. The highest BCUT2D eigenvalue weighted by molar-refractivity contribution is 5.37. The van der Waals surface area contributed by atoms with Crippen molar-refractivity contribution < 1.29 is 9.84 Å². The number of benzene rings is 2. The van der Waals surface area contributed by atoms with Crippen molar-refractivity contribution in [2.75, 3.05) is 13.7 Å². The highest BCUT2D eigenvalue weighted by atomic mass is 16.5. The molecule has 0 fully saturated rings. The zero-order valence-electron chi connectivity index (χ0n) is 13.0. The van der Waals surface area contributed by atoms with Crippen LogP contribution >= 0.6 is 0 Å². The molecule has 2 atom stereocenters. The van der Waals surface area contributed by atoms with E-state index in [-0.39, 0.29) is 0 Å². The second-order valence-electron chi connectivity index (χ2n) is 5.91. The van der Waals surface area contributed by atoms with Crippen molar-refractivity contribution in [3.05, 3.63) is 65.2 Å². The standard InChI is InChI=1S/C19H23NO2/c1-22-18-10-8-15-11-17(9-7-16(15)12-18)20-13-19(21)14-5-3-2-4-6-14/h2-6,8,10,12,17,19-21H,7,9,11,13H2,1H3. The van der Waals surface area contributed by atoms with Crippen molar-refractivity contribution in [2.45, 2.75) is 31.4 Å². The number of aliphatic hydroxyl groups is 1. The molecule has 3 nitrogen and oxygen atoms in total. The minimum atomic E-state index is -0.446. The third-order valence-corrected chi connectivity index (χ3v) is 4.43. The van der Waals surface area contributed by atoms with Crippen molar-refractivity contribution in [2.24, 2.45) is 0 Å². The Kier molecular flexibility index (Phi) is 4.76. The van der Waals surface area contributed by atoms with Gasteiger partial charge in [0.05, 0.1) is 13.2 Å². The number of methoxy groups -OCH3 is 1. The summed E-state index contributed by atoms with van der Waals surface area (Å²) >= 11 is 0. The number of hydrogen-bond donors (Lipinski definition) is 2. The van der Waals surface area contributed by atoms with Gasteiger partial charge in [-0.15, -0.1) is 0 Å². The van der Waals surface area contributed by atoms with Crippen LogP contribution in [0.2, 0.25) is 0 Å². The second-order valence-corrected chi connectivity index (χ2v) is 5.91. The first-order valence-electron chi connectivity index (χ1n) is 7.88. The normalized spacial score (nSPS) is 18.5. The maximum atomic E-state index is 10.2. The number of hydrogen-bond acceptors (Lipinski definition) is 3. The third kappa shape index (κ3) is 3.49. The Hall–Kier alpha value is -1.84. The minimum absolute atomic E-state index is 0.430. The van der Waals surface area contributed by atoms with Crippen LogP contribution in [0, 0.1) is 0 Å². The summed E-state index contributed by atoms with van der Waals surface area (Å²) in [5, 5.41) is 13.7. The lowest BCUT2D eigenvalue weighted by Crippen LogP contribution is -2.37. The van der Waals surface area contributed by atoms with Crippen LogP contribution in [0.3, 0.4) is 0 Å². The second kappa shape index (κ2) is 6.95. The van der Waals surface area contributed by atoms with Crippen LogP contribution in [0.5, 0.6) is 5.75 Å². The number of fused-ring (bicyclic) bond motifs is 1. The molecule has 2 unspecified atom stereocenters. The monoisotopic (exact) mass is 297 g/mol. The van der Waals surface area contributed by atoms with Gasteiger partial charge in [-0.05, 0) is 48.1 Å². The lowest BCUT2D eigenvalue weighted by atomic mass is 9.88. The van der Waals surface area contributed by atoms with Crippen molar-refractivity contribution in [3.63, 3.8) is 0 Å². The maximum absolute atomic E-state index is 10.2. The number of aliphatic hydroxyl groups excluding tert-OH is 1. The van der Waals surface area contributed by atoms with Crippen LogP contribution in [0.15, 0.2) is 48.5 Å². The number of ether oxygens (including phenoxy) is 1. The van der Waals surface area contributed by atoms with E-state index in [1.165, 1.54) is 11.1 Å². The summed E-state index contributed by atoms with van der Waals surface area (Å²) < 4.78 is 5.29. The molecule has 22 heavy (non-hydrogen) atoms. The van der Waals surface area contributed by atoms with Gasteiger partial charge in [-0.25, -0.2) is 0 Å². The van der Waals surface area contributed by atoms with E-state index in [9.17, 15) is 5.11 Å². The summed E-state index contributed by atoms with van der Waals surface area (Å²) in [5.74, 6) is 0.935. The van der Waals surface area contributed by atoms with E-state index in [0.717, 1.165) is 30.6 Å². The molecule has 0 saturated heterocycles. The molecule has 1 aliphatic rings. The summed E-state index contributed by atoms with van der Waals surface area (Å²) in [6.45, 7) is 0.597. The average Bonchev–Trinajstić information content (AvgIpc) is 2.59. The van der Waals surface area contributed by atoms with Crippen molar-refractivity contribution >= 4 is 0 Å². The molecule has 2 N–H and O–H groups in total. The Morgan fingerprint density at radius 3 is 2.77 bits per heavy atom. The zero-order valence-corrected chi connectivity index (χ0v) is 13.0. The number of rotatable bonds is 5. The van der Waals surface area contributed by atoms with Gasteiger partial charge in [-0.2, -0.15) is 0 Å². The molecular formula is C19H23NO2. The Labute approximate surface area is 131 Å². The molecular weight excluding hydrogens is 274 g/mol. The maximum Gasteiger partial charge on any atom is 0.119 e. The molecule has 2 aromatic rings. The van der Waals surface area contributed by atoms with E-state index in [4.69, 9.17) is 4.74 Å². The molecule has 3 heteroatoms. The Bertz CT molecular complexity index is 612. The van der Waals surface area contributed by atoms with E-state index in [0.29, 0.717) is 12.6 Å². The summed E-state index contributed by atoms with van der Waals surface area (Å²) in [5.41, 5.74) is 3.75. The van der Waals surface area contributed by atoms with Crippen LogP contribution in [0.25, 0.3) is 0 Å². The largest absolute Gasteiger partial charge is 0.497 e. The lowest BCUT2D eigenvalue weighted by Gasteiger charge is -2.27. The third-order valence-electron chi connectivity index (χ3n) is 4.43. The highest BCUT2D eigenvalue weighted by Gasteiger charge is 2.19. The predicted octanol–water partition coefficient (Wildman–Crippen LogP) is 2.88. The first-order chi connectivity index (χ1) is 10.8. The molecule has 0 spiro atoms. The number of nitrogens with one attached hydrogen (secondary N) is 1. The van der Waals surface area contributed by atoms with Gasteiger partial charge in [-0.3, -0.25) is 0 Å². The zero-order chi connectivity index (χ0) is 15.4.